The van der Waals surface area contributed by atoms with E-state index in [9.17, 15) is 14.4 Å². The van der Waals surface area contributed by atoms with Gasteiger partial charge < -0.3 is 15.6 Å². The van der Waals surface area contributed by atoms with Crippen molar-refractivity contribution in [1.82, 2.24) is 15.3 Å². The summed E-state index contributed by atoms with van der Waals surface area (Å²) in [4.78, 5) is 40.6. The molecule has 3 rings (SSSR count). The van der Waals surface area contributed by atoms with Crippen LogP contribution in [0.2, 0.25) is 0 Å². The minimum absolute atomic E-state index is 0.00853. The van der Waals surface area contributed by atoms with Gasteiger partial charge in [-0.2, -0.15) is 0 Å². The van der Waals surface area contributed by atoms with Crippen LogP contribution in [-0.4, -0.2) is 28.5 Å². The van der Waals surface area contributed by atoms with E-state index in [0.29, 0.717) is 12.5 Å². The lowest BCUT2D eigenvalue weighted by Gasteiger charge is -2.29. The van der Waals surface area contributed by atoms with E-state index in [1.165, 1.54) is 5.56 Å². The Morgan fingerprint density at radius 1 is 1.08 bits per heavy atom. The minimum atomic E-state index is -0.686. The molecule has 0 unspecified atom stereocenters. The van der Waals surface area contributed by atoms with Gasteiger partial charge in [-0.1, -0.05) is 30.3 Å². The van der Waals surface area contributed by atoms with Gasteiger partial charge in [-0.25, -0.2) is 4.79 Å². The summed E-state index contributed by atoms with van der Waals surface area (Å²) in [6.07, 6.45) is 3.74. The molecule has 0 radical (unpaired) electrons. The van der Waals surface area contributed by atoms with Crippen molar-refractivity contribution in [3.8, 4) is 0 Å². The molecule has 1 aliphatic carbocycles. The number of carbonyl (C=O) groups is 1. The molecular formula is C19H24N4O3. The van der Waals surface area contributed by atoms with Crippen LogP contribution in [0.4, 0.5) is 5.69 Å². The number of anilines is 1. The molecule has 1 heterocycles. The fourth-order valence-corrected chi connectivity index (χ4v) is 3.56. The van der Waals surface area contributed by atoms with Gasteiger partial charge in [0.1, 0.15) is 11.4 Å². The quantitative estimate of drug-likeness (QED) is 0.657. The zero-order valence-electron chi connectivity index (χ0n) is 14.8. The van der Waals surface area contributed by atoms with Gasteiger partial charge in [0.2, 0.25) is 0 Å². The Bertz CT molecular complexity index is 864. The lowest BCUT2D eigenvalue weighted by Crippen LogP contribution is -2.40. The first-order chi connectivity index (χ1) is 12.6. The summed E-state index contributed by atoms with van der Waals surface area (Å²) < 4.78 is 0. The van der Waals surface area contributed by atoms with Gasteiger partial charge in [-0.15, -0.1) is 0 Å². The molecule has 1 fully saturated rings. The third-order valence-electron chi connectivity index (χ3n) is 4.86. The highest BCUT2D eigenvalue weighted by Gasteiger charge is 2.25. The topological polar surface area (TPSA) is 107 Å². The summed E-state index contributed by atoms with van der Waals surface area (Å²) in [5.41, 5.74) is 0.155. The van der Waals surface area contributed by atoms with Crippen molar-refractivity contribution in [2.75, 3.05) is 11.9 Å². The monoisotopic (exact) mass is 356 g/mol. The maximum atomic E-state index is 12.6. The first kappa shape index (κ1) is 18.0. The Kier molecular flexibility index (Phi) is 5.55. The average molecular weight is 356 g/mol. The Morgan fingerprint density at radius 2 is 1.77 bits per heavy atom. The minimum Gasteiger partial charge on any atom is -0.379 e. The van der Waals surface area contributed by atoms with Crippen LogP contribution in [0.3, 0.4) is 0 Å². The molecular weight excluding hydrogens is 332 g/mol. The summed E-state index contributed by atoms with van der Waals surface area (Å²) in [7, 11) is 0. The summed E-state index contributed by atoms with van der Waals surface area (Å²) >= 11 is 0. The second-order valence-corrected chi connectivity index (χ2v) is 6.62. The predicted molar refractivity (Wildman–Crippen MR) is 101 cm³/mol. The van der Waals surface area contributed by atoms with Crippen LogP contribution in [0.15, 0.2) is 39.9 Å². The van der Waals surface area contributed by atoms with E-state index in [1.54, 1.807) is 0 Å². The number of nitrogens with one attached hydrogen (secondary N) is 4. The maximum Gasteiger partial charge on any atom is 0.326 e. The SMILES string of the molecule is CCNc1c(C(=O)N[C@H]2CC[C@@H](c3ccccc3)CC2)[nH]c(=O)[nH]c1=O. The van der Waals surface area contributed by atoms with Crippen LogP contribution in [0, 0.1) is 0 Å². The number of rotatable bonds is 5. The van der Waals surface area contributed by atoms with Gasteiger partial charge >= 0.3 is 5.69 Å². The number of carbonyl (C=O) groups excluding carboxylic acids is 1. The number of aromatic nitrogens is 2. The smallest absolute Gasteiger partial charge is 0.326 e. The van der Waals surface area contributed by atoms with Gasteiger partial charge in [0.05, 0.1) is 0 Å². The molecule has 4 N–H and O–H groups in total. The number of aromatic amines is 2. The molecule has 0 atom stereocenters. The highest BCUT2D eigenvalue weighted by atomic mass is 16.2. The zero-order chi connectivity index (χ0) is 18.5. The van der Waals surface area contributed by atoms with Crippen molar-refractivity contribution < 1.29 is 4.79 Å². The Morgan fingerprint density at radius 3 is 2.42 bits per heavy atom. The summed E-state index contributed by atoms with van der Waals surface area (Å²) in [6.45, 7) is 2.29. The summed E-state index contributed by atoms with van der Waals surface area (Å²) in [5.74, 6) is 0.0911. The number of hydrogen-bond donors (Lipinski definition) is 4. The van der Waals surface area contributed by atoms with E-state index in [4.69, 9.17) is 0 Å². The molecule has 7 heteroatoms. The third-order valence-corrected chi connectivity index (χ3v) is 4.86. The van der Waals surface area contributed by atoms with Crippen LogP contribution in [0.25, 0.3) is 0 Å². The van der Waals surface area contributed by atoms with E-state index >= 15 is 0 Å². The molecule has 1 aromatic carbocycles. The molecule has 7 nitrogen and oxygen atoms in total. The molecule has 26 heavy (non-hydrogen) atoms. The summed E-state index contributed by atoms with van der Waals surface area (Å²) in [5, 5.41) is 5.80. The molecule has 1 aromatic heterocycles. The van der Waals surface area contributed by atoms with Gasteiger partial charge in [-0.3, -0.25) is 14.6 Å². The standard InChI is InChI=1S/C19H24N4O3/c1-2-20-15-16(22-19(26)23-17(15)24)18(25)21-14-10-8-13(9-11-14)12-6-4-3-5-7-12/h3-7,13-14,20H,2,8-11H2,1H3,(H,21,25)(H2,22,23,24,26)/t13-,14+. The maximum absolute atomic E-state index is 12.6. The first-order valence-corrected chi connectivity index (χ1v) is 9.04. The lowest BCUT2D eigenvalue weighted by molar-refractivity contribution is 0.0921. The van der Waals surface area contributed by atoms with Crippen molar-refractivity contribution in [1.29, 1.82) is 0 Å². The molecule has 0 saturated heterocycles. The van der Waals surface area contributed by atoms with E-state index in [-0.39, 0.29) is 17.4 Å². The van der Waals surface area contributed by atoms with Crippen LogP contribution < -0.4 is 21.9 Å². The number of hydrogen-bond acceptors (Lipinski definition) is 4. The van der Waals surface area contributed by atoms with Gasteiger partial charge in [-0.05, 0) is 44.1 Å². The third kappa shape index (κ3) is 4.04. The molecule has 1 amide bonds. The molecule has 0 spiro atoms. The van der Waals surface area contributed by atoms with Crippen molar-refractivity contribution in [2.24, 2.45) is 0 Å². The van der Waals surface area contributed by atoms with E-state index in [2.05, 4.69) is 44.9 Å². The van der Waals surface area contributed by atoms with Gasteiger partial charge in [0, 0.05) is 12.6 Å². The van der Waals surface area contributed by atoms with Gasteiger partial charge in [0.25, 0.3) is 11.5 Å². The number of benzene rings is 1. The van der Waals surface area contributed by atoms with Crippen molar-refractivity contribution in [3.05, 3.63) is 62.4 Å². The fourth-order valence-electron chi connectivity index (χ4n) is 3.56. The van der Waals surface area contributed by atoms with Crippen molar-refractivity contribution >= 4 is 11.6 Å². The second-order valence-electron chi connectivity index (χ2n) is 6.62. The van der Waals surface area contributed by atoms with Crippen LogP contribution in [0.1, 0.15) is 54.6 Å². The Hall–Kier alpha value is -2.83. The highest BCUT2D eigenvalue weighted by Crippen LogP contribution is 2.32. The van der Waals surface area contributed by atoms with Crippen LogP contribution in [-0.2, 0) is 0 Å². The van der Waals surface area contributed by atoms with E-state index in [0.717, 1.165) is 25.7 Å². The van der Waals surface area contributed by atoms with Crippen molar-refractivity contribution in [2.45, 2.75) is 44.6 Å². The van der Waals surface area contributed by atoms with E-state index < -0.39 is 17.2 Å². The zero-order valence-corrected chi connectivity index (χ0v) is 14.8. The number of amides is 1. The Balaban J connectivity index is 1.66. The van der Waals surface area contributed by atoms with Crippen LogP contribution in [0.5, 0.6) is 0 Å². The summed E-state index contributed by atoms with van der Waals surface area (Å²) in [6, 6.07) is 10.4. The number of H-pyrrole nitrogens is 2. The second kappa shape index (κ2) is 8.03. The molecule has 2 aromatic rings. The lowest BCUT2D eigenvalue weighted by atomic mass is 9.82. The Labute approximate surface area is 151 Å². The predicted octanol–water partition coefficient (Wildman–Crippen LogP) is 1.95. The highest BCUT2D eigenvalue weighted by molar-refractivity contribution is 5.97. The molecule has 0 bridgehead atoms. The molecule has 1 aliphatic rings. The molecule has 1 saturated carbocycles. The van der Waals surface area contributed by atoms with Crippen molar-refractivity contribution in [3.63, 3.8) is 0 Å². The average Bonchev–Trinajstić information content (AvgIpc) is 2.65. The first-order valence-electron chi connectivity index (χ1n) is 9.04. The largest absolute Gasteiger partial charge is 0.379 e. The molecule has 0 aliphatic heterocycles. The van der Waals surface area contributed by atoms with Gasteiger partial charge in [0.15, 0.2) is 0 Å². The van der Waals surface area contributed by atoms with E-state index in [1.807, 2.05) is 13.0 Å². The van der Waals surface area contributed by atoms with Crippen LogP contribution >= 0.6 is 0 Å². The normalized spacial score (nSPS) is 19.7. The molecule has 138 valence electrons. The fraction of sp³-hybridized carbons (Fsp3) is 0.421.